The van der Waals surface area contributed by atoms with Crippen molar-refractivity contribution in [2.75, 3.05) is 24.4 Å². The zero-order valence-electron chi connectivity index (χ0n) is 21.2. The summed E-state index contributed by atoms with van der Waals surface area (Å²) in [4.78, 5) is 46.0. The third-order valence-corrected chi connectivity index (χ3v) is 7.24. The minimum atomic E-state index is -5.14. The van der Waals surface area contributed by atoms with Gasteiger partial charge in [-0.1, -0.05) is 24.3 Å². The minimum Gasteiger partial charge on any atom is -0.465 e. The van der Waals surface area contributed by atoms with E-state index in [0.29, 0.717) is 18.4 Å². The van der Waals surface area contributed by atoms with Crippen molar-refractivity contribution >= 4 is 59.4 Å². The molecule has 0 aliphatic carbocycles. The van der Waals surface area contributed by atoms with Gasteiger partial charge in [-0.15, -0.1) is 11.6 Å². The van der Waals surface area contributed by atoms with Crippen molar-refractivity contribution in [1.82, 2.24) is 0 Å². The molecule has 0 radical (unpaired) electrons. The quantitative estimate of drug-likeness (QED) is 0.0727. The number of carbonyl (C=O) groups is 4. The predicted octanol–water partition coefficient (Wildman–Crippen LogP) is 1.69. The van der Waals surface area contributed by atoms with E-state index in [-0.39, 0.29) is 40.7 Å². The van der Waals surface area contributed by atoms with Gasteiger partial charge in [0, 0.05) is 5.56 Å². The molecule has 0 aliphatic rings. The van der Waals surface area contributed by atoms with Gasteiger partial charge >= 0.3 is 100 Å². The Morgan fingerprint density at radius 1 is 0.974 bits per heavy atom. The van der Waals surface area contributed by atoms with Crippen LogP contribution >= 0.6 is 11.6 Å². The van der Waals surface area contributed by atoms with Crippen molar-refractivity contribution in [3.63, 3.8) is 0 Å². The topological polar surface area (TPSA) is 177 Å². The number of alkyl halides is 1. The number of ketones is 1. The van der Waals surface area contributed by atoms with Gasteiger partial charge in [-0.05, 0) is 32.3 Å². The molecule has 0 spiro atoms. The van der Waals surface area contributed by atoms with Gasteiger partial charge in [-0.3, -0.25) is 14.4 Å². The van der Waals surface area contributed by atoms with Crippen LogP contribution in [-0.2, 0) is 34.0 Å². The Morgan fingerprint density at radius 3 is 1.97 bits per heavy atom. The van der Waals surface area contributed by atoms with Crippen molar-refractivity contribution in [3.8, 4) is 5.75 Å². The fraction of sp³-hybridized carbons (Fsp3) is 0.360. The van der Waals surface area contributed by atoms with Gasteiger partial charge in [0.05, 0.1) is 19.1 Å². The summed E-state index contributed by atoms with van der Waals surface area (Å²) in [5.41, 5.74) is 1.23. The van der Waals surface area contributed by atoms with Crippen LogP contribution in [0.3, 0.4) is 0 Å². The number of phenolic OH excluding ortho intramolecular Hbond substituents is 1. The monoisotopic (exact) mass is 615 g/mol. The summed E-state index contributed by atoms with van der Waals surface area (Å²) < 4.78 is 38.6. The van der Waals surface area contributed by atoms with Crippen LogP contribution < -0.4 is 9.67 Å². The number of phenols is 1. The molecule has 208 valence electrons. The summed E-state index contributed by atoms with van der Waals surface area (Å²) >= 11 is 0.364. The van der Waals surface area contributed by atoms with Crippen molar-refractivity contribution in [2.24, 2.45) is 5.92 Å². The van der Waals surface area contributed by atoms with Crippen LogP contribution in [0.5, 0.6) is 5.75 Å². The Morgan fingerprint density at radius 2 is 1.53 bits per heavy atom. The zero-order valence-corrected chi connectivity index (χ0v) is 23.8. The number of amides is 1. The number of aryl methyl sites for hydroxylation is 1. The van der Waals surface area contributed by atoms with Crippen LogP contribution in [-0.4, -0.2) is 70.2 Å². The van der Waals surface area contributed by atoms with Crippen molar-refractivity contribution in [2.45, 2.75) is 33.6 Å². The maximum absolute atomic E-state index is 11.9. The second-order valence-corrected chi connectivity index (χ2v) is 11.3. The number of nitrogens with one attached hydrogen (secondary N) is 1. The number of esters is 2. The molecular weight excluding hydrogens is 585 g/mol. The summed E-state index contributed by atoms with van der Waals surface area (Å²) in [6.07, 6.45) is 0.790. The Labute approximate surface area is 228 Å². The van der Waals surface area contributed by atoms with E-state index in [1.807, 2.05) is 0 Å². The second-order valence-electron chi connectivity index (χ2n) is 7.75. The molecule has 1 amide bonds. The molecule has 4 N–H and O–H groups in total. The number of para-hydroxylation sites is 1. The summed E-state index contributed by atoms with van der Waals surface area (Å²) in [5, 5.41) is 11.5. The molecule has 0 saturated carbocycles. The van der Waals surface area contributed by atoms with E-state index in [1.54, 1.807) is 38.1 Å². The van der Waals surface area contributed by atoms with Gasteiger partial charge in [-0.25, -0.2) is 0 Å². The van der Waals surface area contributed by atoms with E-state index in [2.05, 4.69) is 5.32 Å². The molecule has 0 unspecified atom stereocenters. The third-order valence-electron chi connectivity index (χ3n) is 4.90. The van der Waals surface area contributed by atoms with E-state index in [0.717, 1.165) is 5.56 Å². The summed E-state index contributed by atoms with van der Waals surface area (Å²) in [6, 6.07) is 10.6. The molecule has 0 aromatic heterocycles. The first-order valence-corrected chi connectivity index (χ1v) is 15.4. The smallest absolute Gasteiger partial charge is 0.320 e. The van der Waals surface area contributed by atoms with Crippen molar-refractivity contribution in [3.05, 3.63) is 53.6 Å². The third kappa shape index (κ3) is 10.7. The maximum Gasteiger partial charge on any atom is 0.320 e. The second kappa shape index (κ2) is 16.0. The molecule has 0 fully saturated rings. The zero-order chi connectivity index (χ0) is 28.9. The van der Waals surface area contributed by atoms with Crippen molar-refractivity contribution < 1.29 is 45.7 Å². The molecule has 0 atom stereocenters. The van der Waals surface area contributed by atoms with Crippen LogP contribution in [0.2, 0.25) is 0 Å². The molecule has 11 nitrogen and oxygen atoms in total. The van der Waals surface area contributed by atoms with Gasteiger partial charge < -0.3 is 9.47 Å². The maximum atomic E-state index is 11.9. The Balaban J connectivity index is 0.000000415. The number of rotatable bonds is 11. The molecule has 2 aromatic carbocycles. The molecule has 0 heterocycles. The predicted molar refractivity (Wildman–Crippen MR) is 139 cm³/mol. The number of aromatic hydroxyl groups is 1. The number of hydrogen-bond acceptors (Lipinski definition) is 8. The standard InChI is InChI=1S/C17H21ClO5.C8H10AsNO5/c1-3-22-16(20)14(17(21)23-4-2)10-7-12-5-8-13(9-6-12)15(19)11-18;1-5(11)10-8-6(9(13,14)15)3-2-4-7(8)12/h5-6,8-9,14H,3-4,7,10-11H2,1-2H3;2-4,12H,1H3,(H,10,11)(H2,13,14,15). The minimum absolute atomic E-state index is 0.0624. The van der Waals surface area contributed by atoms with Gasteiger partial charge in [0.2, 0.25) is 0 Å². The molecule has 0 saturated heterocycles. The SMILES string of the molecule is CC(=O)Nc1c(O)cccc1[As](=O)(O)O.CCOC(=O)C(CCc1ccc(C(=O)CCl)cc1)C(=O)OCC. The molecular formula is C25H31AsClNO10. The van der Waals surface area contributed by atoms with E-state index >= 15 is 0 Å². The normalized spacial score (nSPS) is 10.7. The first-order valence-electron chi connectivity index (χ1n) is 11.5. The number of hydrogen-bond donors (Lipinski definition) is 4. The summed E-state index contributed by atoms with van der Waals surface area (Å²) in [5.74, 6) is -3.16. The Hall–Kier alpha value is -3.11. The fourth-order valence-corrected chi connectivity index (χ4v) is 4.85. The number of halogens is 1. The van der Waals surface area contributed by atoms with Gasteiger partial charge in [0.1, 0.15) is 0 Å². The summed E-state index contributed by atoms with van der Waals surface area (Å²) in [7, 11) is 0. The summed E-state index contributed by atoms with van der Waals surface area (Å²) in [6.45, 7) is 4.98. The van der Waals surface area contributed by atoms with Gasteiger partial charge in [0.15, 0.2) is 11.7 Å². The average molecular weight is 616 g/mol. The van der Waals surface area contributed by atoms with Gasteiger partial charge in [0.25, 0.3) is 0 Å². The molecule has 0 aliphatic heterocycles. The first kappa shape index (κ1) is 32.9. The molecule has 0 bridgehead atoms. The Kier molecular flexibility index (Phi) is 13.8. The van der Waals surface area contributed by atoms with E-state index in [1.165, 1.54) is 25.1 Å². The fourth-order valence-electron chi connectivity index (χ4n) is 3.14. The average Bonchev–Trinajstić information content (AvgIpc) is 2.85. The first-order chi connectivity index (χ1) is 17.8. The van der Waals surface area contributed by atoms with Crippen LogP contribution in [0.1, 0.15) is 43.1 Å². The molecule has 2 rings (SSSR count). The number of carbonyl (C=O) groups excluding carboxylic acids is 4. The number of Topliss-reactive ketones (excluding diaryl/α,β-unsaturated/α-hetero) is 1. The molecule has 13 heteroatoms. The number of anilines is 1. The van der Waals surface area contributed by atoms with E-state index in [9.17, 15) is 28.0 Å². The largest absolute Gasteiger partial charge is 0.465 e. The molecule has 2 aromatic rings. The van der Waals surface area contributed by atoms with Crippen LogP contribution in [0.15, 0.2) is 42.5 Å². The van der Waals surface area contributed by atoms with Crippen LogP contribution in [0.4, 0.5) is 5.69 Å². The van der Waals surface area contributed by atoms with Crippen molar-refractivity contribution in [1.29, 1.82) is 0 Å². The van der Waals surface area contributed by atoms with Gasteiger partial charge in [-0.2, -0.15) is 0 Å². The number of benzene rings is 2. The van der Waals surface area contributed by atoms with Crippen LogP contribution in [0.25, 0.3) is 0 Å². The Bertz CT molecular complexity index is 1150. The van der Waals surface area contributed by atoms with Crippen LogP contribution in [0, 0.1) is 5.92 Å². The van der Waals surface area contributed by atoms with E-state index < -0.39 is 37.9 Å². The van der Waals surface area contributed by atoms with E-state index in [4.69, 9.17) is 29.3 Å². The number of ether oxygens (including phenoxy) is 2. The molecule has 38 heavy (non-hydrogen) atoms.